The maximum absolute atomic E-state index is 13.4. The highest BCUT2D eigenvalue weighted by Crippen LogP contribution is 2.34. The van der Waals surface area contributed by atoms with Crippen molar-refractivity contribution in [1.29, 1.82) is 0 Å². The van der Waals surface area contributed by atoms with Crippen molar-refractivity contribution < 1.29 is 18.8 Å². The highest BCUT2D eigenvalue weighted by Gasteiger charge is 2.37. The fourth-order valence-electron chi connectivity index (χ4n) is 4.40. The Morgan fingerprint density at radius 2 is 1.68 bits per heavy atom. The Morgan fingerprint density at radius 3 is 2.29 bits per heavy atom. The number of piperazine rings is 1. The van der Waals surface area contributed by atoms with Gasteiger partial charge in [-0.25, -0.2) is 9.18 Å². The van der Waals surface area contributed by atoms with Crippen molar-refractivity contribution in [1.82, 2.24) is 20.0 Å². The van der Waals surface area contributed by atoms with E-state index in [0.717, 1.165) is 18.4 Å². The minimum Gasteiger partial charge on any atom is -0.339 e. The number of benzene rings is 1. The van der Waals surface area contributed by atoms with Crippen LogP contribution in [-0.4, -0.2) is 71.8 Å². The second kappa shape index (κ2) is 10.6. The van der Waals surface area contributed by atoms with E-state index in [1.54, 1.807) is 28.9 Å². The molecule has 2 heterocycles. The van der Waals surface area contributed by atoms with Crippen molar-refractivity contribution in [3.63, 3.8) is 0 Å². The Balaban J connectivity index is 1.69. The molecule has 0 radical (unpaired) electrons. The van der Waals surface area contributed by atoms with Gasteiger partial charge in [-0.05, 0) is 37.0 Å². The van der Waals surface area contributed by atoms with Crippen molar-refractivity contribution in [3.05, 3.63) is 35.6 Å². The number of unbranched alkanes of at least 4 members (excludes halogenated alkanes) is 1. The molecule has 2 aliphatic rings. The summed E-state index contributed by atoms with van der Waals surface area (Å²) in [5, 5.41) is 2.97. The summed E-state index contributed by atoms with van der Waals surface area (Å²) in [5.74, 6) is -0.497. The van der Waals surface area contributed by atoms with Crippen LogP contribution < -0.4 is 5.32 Å². The zero-order valence-corrected chi connectivity index (χ0v) is 18.5. The van der Waals surface area contributed by atoms with Crippen LogP contribution in [0.15, 0.2) is 24.3 Å². The van der Waals surface area contributed by atoms with Crippen LogP contribution in [0.5, 0.6) is 0 Å². The van der Waals surface area contributed by atoms with Crippen molar-refractivity contribution in [2.24, 2.45) is 5.92 Å². The van der Waals surface area contributed by atoms with Gasteiger partial charge in [-0.1, -0.05) is 25.5 Å². The smallest absolute Gasteiger partial charge is 0.317 e. The number of carbonyl (C=O) groups is 3. The largest absolute Gasteiger partial charge is 0.339 e. The minimum atomic E-state index is -0.309. The number of nitrogens with one attached hydrogen (secondary N) is 1. The molecule has 7 nitrogen and oxygen atoms in total. The molecule has 2 fully saturated rings. The normalized spacial score (nSPS) is 21.7. The first-order valence-electron chi connectivity index (χ1n) is 11.2. The van der Waals surface area contributed by atoms with Crippen LogP contribution in [0, 0.1) is 11.7 Å². The molecule has 31 heavy (non-hydrogen) atoms. The molecule has 1 aromatic carbocycles. The average molecular weight is 433 g/mol. The van der Waals surface area contributed by atoms with Crippen molar-refractivity contribution in [3.8, 4) is 0 Å². The molecule has 3 rings (SSSR count). The summed E-state index contributed by atoms with van der Waals surface area (Å²) in [7, 11) is 0. The number of carbonyl (C=O) groups excluding carboxylic acids is 3. The Kier molecular flexibility index (Phi) is 7.87. The molecule has 0 spiro atoms. The molecule has 1 N–H and O–H groups in total. The van der Waals surface area contributed by atoms with Crippen LogP contribution in [0.1, 0.15) is 51.1 Å². The number of hydrogen-bond acceptors (Lipinski definition) is 3. The molecule has 8 heteroatoms. The van der Waals surface area contributed by atoms with E-state index in [2.05, 4.69) is 12.2 Å². The third kappa shape index (κ3) is 5.74. The standard InChI is InChI=1S/C23H33FN4O3/c1-3-4-11-25-23(31)28-16-19(7-10-21(28)18-5-8-20(24)9-6-18)22(30)27-14-12-26(13-15-27)17(2)29/h5-6,8-9,19,21H,3-4,7,10-16H2,1-2H3,(H,25,31). The molecule has 170 valence electrons. The molecule has 1 aromatic rings. The van der Waals surface area contributed by atoms with Gasteiger partial charge >= 0.3 is 6.03 Å². The topological polar surface area (TPSA) is 73.0 Å². The zero-order valence-electron chi connectivity index (χ0n) is 18.5. The predicted octanol–water partition coefficient (Wildman–Crippen LogP) is 2.78. The lowest BCUT2D eigenvalue weighted by atomic mass is 9.88. The molecular weight excluding hydrogens is 399 g/mol. The molecule has 0 bridgehead atoms. The number of urea groups is 1. The summed E-state index contributed by atoms with van der Waals surface area (Å²) in [6, 6.07) is 5.90. The van der Waals surface area contributed by atoms with E-state index >= 15 is 0 Å². The first kappa shape index (κ1) is 23.0. The van der Waals surface area contributed by atoms with Crippen LogP contribution >= 0.6 is 0 Å². The summed E-state index contributed by atoms with van der Waals surface area (Å²) in [4.78, 5) is 43.0. The van der Waals surface area contributed by atoms with Gasteiger partial charge in [0.25, 0.3) is 0 Å². The summed E-state index contributed by atoms with van der Waals surface area (Å²) in [6.45, 7) is 6.69. The van der Waals surface area contributed by atoms with Crippen LogP contribution in [0.2, 0.25) is 0 Å². The first-order valence-corrected chi connectivity index (χ1v) is 11.2. The summed E-state index contributed by atoms with van der Waals surface area (Å²) in [5.41, 5.74) is 0.882. The molecule has 4 amide bonds. The van der Waals surface area contributed by atoms with E-state index in [0.29, 0.717) is 52.1 Å². The monoisotopic (exact) mass is 432 g/mol. The molecular formula is C23H33FN4O3. The number of hydrogen-bond donors (Lipinski definition) is 1. The van der Waals surface area contributed by atoms with Crippen molar-refractivity contribution in [2.75, 3.05) is 39.3 Å². The lowest BCUT2D eigenvalue weighted by Gasteiger charge is -2.42. The van der Waals surface area contributed by atoms with E-state index < -0.39 is 0 Å². The van der Waals surface area contributed by atoms with E-state index in [1.165, 1.54) is 12.1 Å². The quantitative estimate of drug-likeness (QED) is 0.728. The molecule has 2 aliphatic heterocycles. The summed E-state index contributed by atoms with van der Waals surface area (Å²) < 4.78 is 13.4. The average Bonchev–Trinajstić information content (AvgIpc) is 2.79. The van der Waals surface area contributed by atoms with Gasteiger partial charge < -0.3 is 20.0 Å². The van der Waals surface area contributed by atoms with E-state index in [9.17, 15) is 18.8 Å². The number of halogens is 1. The lowest BCUT2D eigenvalue weighted by molar-refractivity contribution is -0.142. The van der Waals surface area contributed by atoms with E-state index in [-0.39, 0.29) is 35.6 Å². The fraction of sp³-hybridized carbons (Fsp3) is 0.609. The number of piperidine rings is 1. The molecule has 0 aliphatic carbocycles. The Morgan fingerprint density at radius 1 is 1.03 bits per heavy atom. The number of amides is 4. The van der Waals surface area contributed by atoms with Gasteiger partial charge in [0.1, 0.15) is 5.82 Å². The molecule has 0 saturated carbocycles. The number of nitrogens with zero attached hydrogens (tertiary/aromatic N) is 3. The Labute approximate surface area is 183 Å². The van der Waals surface area contributed by atoms with E-state index in [4.69, 9.17) is 0 Å². The Hall–Kier alpha value is -2.64. The Bertz CT molecular complexity index is 778. The molecule has 2 saturated heterocycles. The second-order valence-electron chi connectivity index (χ2n) is 8.41. The highest BCUT2D eigenvalue weighted by molar-refractivity contribution is 5.82. The van der Waals surface area contributed by atoms with Gasteiger partial charge in [0.15, 0.2) is 0 Å². The van der Waals surface area contributed by atoms with Crippen LogP contribution in [0.3, 0.4) is 0 Å². The van der Waals surface area contributed by atoms with Crippen LogP contribution in [0.4, 0.5) is 9.18 Å². The molecule has 2 unspecified atom stereocenters. The SMILES string of the molecule is CCCCNC(=O)N1CC(C(=O)N2CCN(C(C)=O)CC2)CCC1c1ccc(F)cc1. The van der Waals surface area contributed by atoms with Gasteiger partial charge in [-0.15, -0.1) is 0 Å². The van der Waals surface area contributed by atoms with Crippen molar-refractivity contribution >= 4 is 17.8 Å². The fourth-order valence-corrected chi connectivity index (χ4v) is 4.40. The highest BCUT2D eigenvalue weighted by atomic mass is 19.1. The van der Waals surface area contributed by atoms with Gasteiger partial charge in [0.2, 0.25) is 11.8 Å². The number of rotatable bonds is 5. The van der Waals surface area contributed by atoms with Gasteiger partial charge in [0, 0.05) is 46.2 Å². The predicted molar refractivity (Wildman–Crippen MR) is 116 cm³/mol. The van der Waals surface area contributed by atoms with Gasteiger partial charge in [-0.3, -0.25) is 9.59 Å². The molecule has 0 aromatic heterocycles. The third-order valence-electron chi connectivity index (χ3n) is 6.29. The first-order chi connectivity index (χ1) is 14.9. The van der Waals surface area contributed by atoms with Gasteiger partial charge in [-0.2, -0.15) is 0 Å². The maximum atomic E-state index is 13.4. The number of likely N-dealkylation sites (tertiary alicyclic amines) is 1. The second-order valence-corrected chi connectivity index (χ2v) is 8.41. The van der Waals surface area contributed by atoms with Crippen LogP contribution in [-0.2, 0) is 9.59 Å². The van der Waals surface area contributed by atoms with Crippen LogP contribution in [0.25, 0.3) is 0 Å². The van der Waals surface area contributed by atoms with E-state index in [1.807, 2.05) is 4.90 Å². The minimum absolute atomic E-state index is 0.0295. The van der Waals surface area contributed by atoms with Gasteiger partial charge in [0.05, 0.1) is 12.0 Å². The zero-order chi connectivity index (χ0) is 22.4. The summed E-state index contributed by atoms with van der Waals surface area (Å²) in [6.07, 6.45) is 3.20. The summed E-state index contributed by atoms with van der Waals surface area (Å²) >= 11 is 0. The third-order valence-corrected chi connectivity index (χ3v) is 6.29. The maximum Gasteiger partial charge on any atom is 0.317 e. The molecule has 2 atom stereocenters. The lowest BCUT2D eigenvalue weighted by Crippen LogP contribution is -2.55. The van der Waals surface area contributed by atoms with Crippen molar-refractivity contribution in [2.45, 2.75) is 45.6 Å².